The predicted octanol–water partition coefficient (Wildman–Crippen LogP) is 3.87. The van der Waals surface area contributed by atoms with Gasteiger partial charge in [-0.15, -0.1) is 0 Å². The minimum Gasteiger partial charge on any atom is -0.368 e. The van der Waals surface area contributed by atoms with E-state index >= 15 is 0 Å². The minimum atomic E-state index is -3.52. The predicted molar refractivity (Wildman–Crippen MR) is 132 cm³/mol. The van der Waals surface area contributed by atoms with Crippen molar-refractivity contribution in [1.29, 1.82) is 0 Å². The third-order valence-corrected chi connectivity index (χ3v) is 8.95. The Kier molecular flexibility index (Phi) is 7.10. The second-order valence-corrected chi connectivity index (χ2v) is 11.4. The van der Waals surface area contributed by atoms with E-state index in [1.165, 1.54) is 15.6 Å². The standard InChI is InChI=1S/C26H35N3O3S/c1-20(2)22-8-10-24(11-9-22)33(31,32)29-14-12-23(13-15-29)26(30)28-18-16-27(17-19-28)25-7-5-4-6-21(25)3/h4-11,20,23H,12-19H2,1-3H3. The maximum atomic E-state index is 13.1. The van der Waals surface area contributed by atoms with Crippen LogP contribution in [0.3, 0.4) is 0 Å². The van der Waals surface area contributed by atoms with Gasteiger partial charge in [-0.3, -0.25) is 4.79 Å². The minimum absolute atomic E-state index is 0.0928. The Morgan fingerprint density at radius 2 is 1.48 bits per heavy atom. The zero-order chi connectivity index (χ0) is 23.6. The van der Waals surface area contributed by atoms with E-state index in [0.717, 1.165) is 18.7 Å². The number of piperazine rings is 1. The summed E-state index contributed by atoms with van der Waals surface area (Å²) >= 11 is 0. The Balaban J connectivity index is 1.31. The number of piperidine rings is 1. The first kappa shape index (κ1) is 23.8. The van der Waals surface area contributed by atoms with Crippen LogP contribution in [0.5, 0.6) is 0 Å². The summed E-state index contributed by atoms with van der Waals surface area (Å²) < 4.78 is 27.7. The lowest BCUT2D eigenvalue weighted by Gasteiger charge is -2.39. The Bertz CT molecular complexity index is 1070. The molecule has 178 valence electrons. The first-order valence-corrected chi connectivity index (χ1v) is 13.4. The average molecular weight is 470 g/mol. The van der Waals surface area contributed by atoms with Gasteiger partial charge in [-0.1, -0.05) is 44.2 Å². The number of rotatable bonds is 5. The Hall–Kier alpha value is -2.38. The van der Waals surface area contributed by atoms with Gasteiger partial charge in [0.2, 0.25) is 15.9 Å². The van der Waals surface area contributed by atoms with Crippen molar-refractivity contribution in [3.8, 4) is 0 Å². The summed E-state index contributed by atoms with van der Waals surface area (Å²) in [5.41, 5.74) is 3.62. The summed E-state index contributed by atoms with van der Waals surface area (Å²) in [6.45, 7) is 10.2. The van der Waals surface area contributed by atoms with E-state index in [9.17, 15) is 13.2 Å². The number of hydrogen-bond acceptors (Lipinski definition) is 4. The summed E-state index contributed by atoms with van der Waals surface area (Å²) in [5, 5.41) is 0. The van der Waals surface area contributed by atoms with Crippen molar-refractivity contribution in [2.45, 2.75) is 44.4 Å². The maximum absolute atomic E-state index is 13.1. The number of aryl methyl sites for hydroxylation is 1. The molecule has 2 saturated heterocycles. The number of sulfonamides is 1. The lowest BCUT2D eigenvalue weighted by Crippen LogP contribution is -2.52. The molecule has 0 aliphatic carbocycles. The van der Waals surface area contributed by atoms with E-state index in [0.29, 0.717) is 49.8 Å². The molecule has 2 aromatic carbocycles. The number of hydrogen-bond donors (Lipinski definition) is 0. The molecule has 0 aromatic heterocycles. The SMILES string of the molecule is Cc1ccccc1N1CCN(C(=O)C2CCN(S(=O)(=O)c3ccc(C(C)C)cc3)CC2)CC1. The molecule has 0 spiro atoms. The van der Waals surface area contributed by atoms with Crippen molar-refractivity contribution in [3.05, 3.63) is 59.7 Å². The molecule has 1 amide bonds. The Morgan fingerprint density at radius 1 is 0.879 bits per heavy atom. The van der Waals surface area contributed by atoms with Crippen molar-refractivity contribution in [3.63, 3.8) is 0 Å². The van der Waals surface area contributed by atoms with Gasteiger partial charge in [0.05, 0.1) is 4.90 Å². The number of para-hydroxylation sites is 1. The first-order valence-electron chi connectivity index (χ1n) is 12.0. The van der Waals surface area contributed by atoms with Crippen molar-refractivity contribution < 1.29 is 13.2 Å². The highest BCUT2D eigenvalue weighted by Crippen LogP contribution is 2.27. The fourth-order valence-electron chi connectivity index (χ4n) is 4.86. The molecule has 4 rings (SSSR count). The Morgan fingerprint density at radius 3 is 2.06 bits per heavy atom. The quantitative estimate of drug-likeness (QED) is 0.667. The number of carbonyl (C=O) groups is 1. The van der Waals surface area contributed by atoms with E-state index in [-0.39, 0.29) is 11.8 Å². The number of anilines is 1. The topological polar surface area (TPSA) is 60.9 Å². The van der Waals surface area contributed by atoms with E-state index in [2.05, 4.69) is 43.9 Å². The number of nitrogens with zero attached hydrogens (tertiary/aromatic N) is 3. The lowest BCUT2D eigenvalue weighted by molar-refractivity contribution is -0.137. The molecule has 0 N–H and O–H groups in total. The molecule has 2 aromatic rings. The van der Waals surface area contributed by atoms with Crippen molar-refractivity contribution in [2.75, 3.05) is 44.2 Å². The largest absolute Gasteiger partial charge is 0.368 e. The molecule has 2 heterocycles. The van der Waals surface area contributed by atoms with Gasteiger partial charge in [-0.25, -0.2) is 8.42 Å². The summed E-state index contributed by atoms with van der Waals surface area (Å²) in [5.74, 6) is 0.449. The highest BCUT2D eigenvalue weighted by atomic mass is 32.2. The van der Waals surface area contributed by atoms with Gasteiger partial charge in [0.1, 0.15) is 0 Å². The van der Waals surface area contributed by atoms with Crippen LogP contribution in [0.25, 0.3) is 0 Å². The Labute approximate surface area is 198 Å². The van der Waals surface area contributed by atoms with E-state index < -0.39 is 10.0 Å². The van der Waals surface area contributed by atoms with Crippen LogP contribution in [0.2, 0.25) is 0 Å². The highest BCUT2D eigenvalue weighted by Gasteiger charge is 2.34. The van der Waals surface area contributed by atoms with E-state index in [1.807, 2.05) is 23.1 Å². The van der Waals surface area contributed by atoms with Crippen molar-refractivity contribution in [2.24, 2.45) is 5.92 Å². The monoisotopic (exact) mass is 469 g/mol. The molecule has 0 bridgehead atoms. The van der Waals surface area contributed by atoms with Crippen LogP contribution >= 0.6 is 0 Å². The lowest BCUT2D eigenvalue weighted by atomic mass is 9.96. The molecule has 0 radical (unpaired) electrons. The summed E-state index contributed by atoms with van der Waals surface area (Å²) in [6.07, 6.45) is 1.17. The average Bonchev–Trinajstić information content (AvgIpc) is 2.84. The molecule has 2 aliphatic heterocycles. The molecule has 7 heteroatoms. The number of carbonyl (C=O) groups excluding carboxylic acids is 1. The van der Waals surface area contributed by atoms with Gasteiger partial charge in [0.15, 0.2) is 0 Å². The number of amides is 1. The molecule has 0 unspecified atom stereocenters. The summed E-state index contributed by atoms with van der Waals surface area (Å²) in [7, 11) is -3.52. The second-order valence-electron chi connectivity index (χ2n) is 9.50. The van der Waals surface area contributed by atoms with E-state index in [4.69, 9.17) is 0 Å². The zero-order valence-electron chi connectivity index (χ0n) is 19.9. The molecular weight excluding hydrogens is 434 g/mol. The third kappa shape index (κ3) is 5.09. The molecule has 6 nitrogen and oxygen atoms in total. The van der Waals surface area contributed by atoms with Crippen LogP contribution in [0, 0.1) is 12.8 Å². The second kappa shape index (κ2) is 9.85. The van der Waals surface area contributed by atoms with Crippen LogP contribution in [0.4, 0.5) is 5.69 Å². The van der Waals surface area contributed by atoms with Crippen LogP contribution in [-0.4, -0.2) is 62.8 Å². The van der Waals surface area contributed by atoms with E-state index in [1.54, 1.807) is 12.1 Å². The number of benzene rings is 2. The van der Waals surface area contributed by atoms with Gasteiger partial charge < -0.3 is 9.80 Å². The van der Waals surface area contributed by atoms with Gasteiger partial charge in [-0.2, -0.15) is 4.31 Å². The van der Waals surface area contributed by atoms with Crippen LogP contribution in [0.1, 0.15) is 43.7 Å². The van der Waals surface area contributed by atoms with Gasteiger partial charge >= 0.3 is 0 Å². The van der Waals surface area contributed by atoms with Gasteiger partial charge in [-0.05, 0) is 55.0 Å². The molecular formula is C26H35N3O3S. The summed E-state index contributed by atoms with van der Waals surface area (Å²) in [6, 6.07) is 15.6. The van der Waals surface area contributed by atoms with Crippen molar-refractivity contribution in [1.82, 2.24) is 9.21 Å². The molecule has 0 saturated carbocycles. The molecule has 2 aliphatic rings. The summed E-state index contributed by atoms with van der Waals surface area (Å²) in [4.78, 5) is 17.8. The van der Waals surface area contributed by atoms with Crippen molar-refractivity contribution >= 4 is 21.6 Å². The third-order valence-electron chi connectivity index (χ3n) is 7.04. The fraction of sp³-hybridized carbons (Fsp3) is 0.500. The molecule has 2 fully saturated rings. The molecule has 33 heavy (non-hydrogen) atoms. The van der Waals surface area contributed by atoms with Gasteiger partial charge in [0, 0.05) is 50.9 Å². The zero-order valence-corrected chi connectivity index (χ0v) is 20.7. The smallest absolute Gasteiger partial charge is 0.243 e. The normalized spacial score (nSPS) is 18.7. The highest BCUT2D eigenvalue weighted by molar-refractivity contribution is 7.89. The first-order chi connectivity index (χ1) is 15.8. The van der Waals surface area contributed by atoms with Gasteiger partial charge in [0.25, 0.3) is 0 Å². The van der Waals surface area contributed by atoms with Crippen LogP contribution < -0.4 is 4.90 Å². The maximum Gasteiger partial charge on any atom is 0.243 e. The van der Waals surface area contributed by atoms with Crippen LogP contribution in [-0.2, 0) is 14.8 Å². The van der Waals surface area contributed by atoms with Crippen LogP contribution in [0.15, 0.2) is 53.4 Å². The molecule has 0 atom stereocenters. The fourth-order valence-corrected chi connectivity index (χ4v) is 6.33.